The molecule has 3 rings (SSSR count). The van der Waals surface area contributed by atoms with Gasteiger partial charge in [-0.2, -0.15) is 0 Å². The number of hydrogen-bond acceptors (Lipinski definition) is 0. The predicted octanol–water partition coefficient (Wildman–Crippen LogP) is 8.30. The summed E-state index contributed by atoms with van der Waals surface area (Å²) in [6.45, 7) is 8.92. The maximum Gasteiger partial charge on any atom is 0.0604 e. The summed E-state index contributed by atoms with van der Waals surface area (Å²) < 4.78 is 0. The highest BCUT2D eigenvalue weighted by Crippen LogP contribution is 2.61. The highest BCUT2D eigenvalue weighted by molar-refractivity contribution is 6.82. The van der Waals surface area contributed by atoms with Gasteiger partial charge in [0.05, 0.1) is 8.07 Å². The van der Waals surface area contributed by atoms with Crippen molar-refractivity contribution >= 4 is 8.07 Å². The van der Waals surface area contributed by atoms with Gasteiger partial charge in [-0.3, -0.25) is 0 Å². The largest absolute Gasteiger partial charge is 0.103 e. The molecule has 0 aromatic carbocycles. The minimum Gasteiger partial charge on any atom is -0.103 e. The Balaban J connectivity index is 1.94. The number of fused-ring (bicyclic) bond motifs is 1. The second kappa shape index (κ2) is 9.58. The number of unbranched alkanes of at least 4 members (excludes halogenated alkanes) is 2. The van der Waals surface area contributed by atoms with E-state index in [1.165, 1.54) is 51.4 Å². The van der Waals surface area contributed by atoms with Crippen LogP contribution < -0.4 is 0 Å². The van der Waals surface area contributed by atoms with E-state index < -0.39 is 8.07 Å². The molecule has 26 heavy (non-hydrogen) atoms. The molecule has 0 bridgehead atoms. The molecule has 3 aliphatic rings. The SMILES string of the molecule is C=CCC1CC([Si](CCCC)(CCCC)C2CCCC2)C2C=CC=CC12. The first kappa shape index (κ1) is 20.2. The number of rotatable bonds is 10. The first-order chi connectivity index (χ1) is 12.8. The lowest BCUT2D eigenvalue weighted by Gasteiger charge is -2.46. The van der Waals surface area contributed by atoms with Crippen molar-refractivity contribution in [1.82, 2.24) is 0 Å². The third-order valence-electron chi connectivity index (χ3n) is 8.16. The molecule has 4 atom stereocenters. The Morgan fingerprint density at radius 1 is 0.962 bits per heavy atom. The van der Waals surface area contributed by atoms with Crippen LogP contribution in [0.2, 0.25) is 23.2 Å². The quantitative estimate of drug-likeness (QED) is 0.268. The van der Waals surface area contributed by atoms with Gasteiger partial charge in [-0.1, -0.05) is 108 Å². The maximum atomic E-state index is 4.09. The van der Waals surface area contributed by atoms with Gasteiger partial charge in [0.25, 0.3) is 0 Å². The lowest BCUT2D eigenvalue weighted by atomic mass is 9.85. The zero-order valence-electron chi connectivity index (χ0n) is 17.5. The Labute approximate surface area is 164 Å². The molecule has 0 heterocycles. The third-order valence-corrected chi connectivity index (χ3v) is 15.0. The van der Waals surface area contributed by atoms with E-state index in [9.17, 15) is 0 Å². The summed E-state index contributed by atoms with van der Waals surface area (Å²) in [5.74, 6) is 2.52. The van der Waals surface area contributed by atoms with Crippen molar-refractivity contribution in [2.75, 3.05) is 0 Å². The summed E-state index contributed by atoms with van der Waals surface area (Å²) in [4.78, 5) is 0. The summed E-state index contributed by atoms with van der Waals surface area (Å²) in [6.07, 6.45) is 26.8. The van der Waals surface area contributed by atoms with Gasteiger partial charge in [-0.05, 0) is 41.7 Å². The topological polar surface area (TPSA) is 0 Å². The maximum absolute atomic E-state index is 4.09. The lowest BCUT2D eigenvalue weighted by molar-refractivity contribution is 0.422. The second-order valence-electron chi connectivity index (χ2n) is 9.47. The molecule has 3 aliphatic carbocycles. The van der Waals surface area contributed by atoms with Gasteiger partial charge in [0, 0.05) is 0 Å². The second-order valence-corrected chi connectivity index (χ2v) is 14.5. The van der Waals surface area contributed by atoms with Crippen molar-refractivity contribution in [2.45, 2.75) is 101 Å². The molecule has 2 fully saturated rings. The van der Waals surface area contributed by atoms with Crippen molar-refractivity contribution in [1.29, 1.82) is 0 Å². The Kier molecular flexibility index (Phi) is 7.43. The summed E-state index contributed by atoms with van der Waals surface area (Å²) in [5.41, 5.74) is 2.17. The molecule has 0 aromatic rings. The zero-order valence-corrected chi connectivity index (χ0v) is 18.5. The third kappa shape index (κ3) is 3.98. The Morgan fingerprint density at radius 2 is 1.58 bits per heavy atom. The number of hydrogen-bond donors (Lipinski definition) is 0. The minimum absolute atomic E-state index is 0.805. The Morgan fingerprint density at radius 3 is 2.15 bits per heavy atom. The van der Waals surface area contributed by atoms with E-state index in [2.05, 4.69) is 50.8 Å². The molecular formula is C25H42Si. The van der Waals surface area contributed by atoms with Crippen LogP contribution in [0, 0.1) is 17.8 Å². The highest BCUT2D eigenvalue weighted by atomic mass is 28.3. The van der Waals surface area contributed by atoms with Crippen LogP contribution in [0.3, 0.4) is 0 Å². The fourth-order valence-electron chi connectivity index (χ4n) is 6.96. The van der Waals surface area contributed by atoms with Crippen LogP contribution >= 0.6 is 0 Å². The Hall–Kier alpha value is -0.563. The van der Waals surface area contributed by atoms with Crippen LogP contribution in [-0.2, 0) is 0 Å². The molecule has 0 radical (unpaired) electrons. The van der Waals surface area contributed by atoms with E-state index in [0.29, 0.717) is 0 Å². The minimum atomic E-state index is -1.27. The molecule has 4 unspecified atom stereocenters. The standard InChI is InChI=1S/C25H42Si/c1-4-7-18-26(19-8-5-2,22-14-9-10-15-22)25-20-21(13-6-3)23-16-11-12-17-24(23)25/h6,11-12,16-17,21-25H,3-5,7-10,13-15,18-20H2,1-2H3. The van der Waals surface area contributed by atoms with Crippen molar-refractivity contribution in [3.05, 3.63) is 37.0 Å². The highest BCUT2D eigenvalue weighted by Gasteiger charge is 2.54. The van der Waals surface area contributed by atoms with E-state index in [-0.39, 0.29) is 0 Å². The zero-order chi connectivity index (χ0) is 18.4. The van der Waals surface area contributed by atoms with Gasteiger partial charge in [-0.25, -0.2) is 0 Å². The van der Waals surface area contributed by atoms with Gasteiger partial charge < -0.3 is 0 Å². The molecule has 1 heteroatoms. The van der Waals surface area contributed by atoms with Gasteiger partial charge in [-0.15, -0.1) is 6.58 Å². The molecular weight excluding hydrogens is 328 g/mol. The van der Waals surface area contributed by atoms with Crippen molar-refractivity contribution in [2.24, 2.45) is 17.8 Å². The fourth-order valence-corrected chi connectivity index (χ4v) is 14.8. The summed E-state index contributed by atoms with van der Waals surface area (Å²) in [5, 5.41) is 0. The summed E-state index contributed by atoms with van der Waals surface area (Å²) in [7, 11) is -1.27. The monoisotopic (exact) mass is 370 g/mol. The predicted molar refractivity (Wildman–Crippen MR) is 119 cm³/mol. The molecule has 146 valence electrons. The molecule has 0 aromatic heterocycles. The lowest BCUT2D eigenvalue weighted by Crippen LogP contribution is -2.45. The smallest absolute Gasteiger partial charge is 0.0604 e. The molecule has 0 spiro atoms. The van der Waals surface area contributed by atoms with Crippen LogP contribution in [0.5, 0.6) is 0 Å². The van der Waals surface area contributed by atoms with Gasteiger partial charge in [0.15, 0.2) is 0 Å². The molecule has 2 saturated carbocycles. The van der Waals surface area contributed by atoms with Crippen molar-refractivity contribution in [3.63, 3.8) is 0 Å². The molecule has 0 aliphatic heterocycles. The van der Waals surface area contributed by atoms with Crippen molar-refractivity contribution < 1.29 is 0 Å². The first-order valence-electron chi connectivity index (χ1n) is 11.7. The molecule has 0 N–H and O–H groups in total. The van der Waals surface area contributed by atoms with E-state index in [4.69, 9.17) is 0 Å². The average molecular weight is 371 g/mol. The number of allylic oxidation sites excluding steroid dienone is 5. The van der Waals surface area contributed by atoms with Crippen LogP contribution in [0.15, 0.2) is 37.0 Å². The summed E-state index contributed by atoms with van der Waals surface area (Å²) in [6, 6.07) is 3.25. The summed E-state index contributed by atoms with van der Waals surface area (Å²) >= 11 is 0. The van der Waals surface area contributed by atoms with Crippen LogP contribution in [-0.4, -0.2) is 8.07 Å². The van der Waals surface area contributed by atoms with Crippen LogP contribution in [0.4, 0.5) is 0 Å². The molecule has 0 nitrogen and oxygen atoms in total. The normalized spacial score (nSPS) is 31.5. The first-order valence-corrected chi connectivity index (χ1v) is 14.3. The van der Waals surface area contributed by atoms with Crippen molar-refractivity contribution in [3.8, 4) is 0 Å². The van der Waals surface area contributed by atoms with Gasteiger partial charge in [0.2, 0.25) is 0 Å². The molecule has 0 amide bonds. The van der Waals surface area contributed by atoms with Crippen LogP contribution in [0.1, 0.15) is 78.1 Å². The van der Waals surface area contributed by atoms with E-state index >= 15 is 0 Å². The van der Waals surface area contributed by atoms with Gasteiger partial charge >= 0.3 is 0 Å². The van der Waals surface area contributed by atoms with Gasteiger partial charge in [0.1, 0.15) is 0 Å². The Bertz CT molecular complexity index is 488. The molecule has 0 saturated heterocycles. The van der Waals surface area contributed by atoms with E-state index in [1.54, 1.807) is 24.9 Å². The van der Waals surface area contributed by atoms with E-state index in [0.717, 1.165) is 28.8 Å². The van der Waals surface area contributed by atoms with Crippen LogP contribution in [0.25, 0.3) is 0 Å². The average Bonchev–Trinajstić information content (AvgIpc) is 3.32. The van der Waals surface area contributed by atoms with E-state index in [1.807, 2.05) is 0 Å². The fraction of sp³-hybridized carbons (Fsp3) is 0.760.